The van der Waals surface area contributed by atoms with Gasteiger partial charge in [0.1, 0.15) is 17.2 Å². The number of benzene rings is 2. The van der Waals surface area contributed by atoms with Crippen molar-refractivity contribution in [1.82, 2.24) is 10.6 Å². The zero-order valence-electron chi connectivity index (χ0n) is 16.6. The predicted octanol–water partition coefficient (Wildman–Crippen LogP) is 3.83. The van der Waals surface area contributed by atoms with Crippen molar-refractivity contribution in [1.29, 1.82) is 0 Å². The Kier molecular flexibility index (Phi) is 11.1. The standard InChI is InChI=1S/C20H25F2N3O3.HI/c1-23-20(24-10-9-14-5-4-6-16(11-14)26-2)25-13-15-12-17(27-3)7-8-18(15)28-19(21)22;/h4-8,11-12,19H,9-10,13H2,1-3H3,(H2,23,24,25);1H. The van der Waals surface area contributed by atoms with Crippen LogP contribution in [0.1, 0.15) is 11.1 Å². The first kappa shape index (κ1) is 24.7. The number of nitrogens with one attached hydrogen (secondary N) is 2. The van der Waals surface area contributed by atoms with E-state index in [1.54, 1.807) is 26.3 Å². The molecule has 9 heteroatoms. The molecule has 0 saturated carbocycles. The van der Waals surface area contributed by atoms with Crippen LogP contribution in [0.4, 0.5) is 8.78 Å². The van der Waals surface area contributed by atoms with E-state index in [9.17, 15) is 8.78 Å². The highest BCUT2D eigenvalue weighted by molar-refractivity contribution is 14.0. The Morgan fingerprint density at radius 3 is 2.41 bits per heavy atom. The molecule has 0 bridgehead atoms. The topological polar surface area (TPSA) is 64.1 Å². The Labute approximate surface area is 186 Å². The van der Waals surface area contributed by atoms with E-state index in [0.717, 1.165) is 17.7 Å². The Bertz CT molecular complexity index is 791. The van der Waals surface area contributed by atoms with Crippen LogP contribution >= 0.6 is 24.0 Å². The predicted molar refractivity (Wildman–Crippen MR) is 120 cm³/mol. The molecule has 29 heavy (non-hydrogen) atoms. The second-order valence-electron chi connectivity index (χ2n) is 5.81. The maximum absolute atomic E-state index is 12.6. The van der Waals surface area contributed by atoms with Gasteiger partial charge in [0.25, 0.3) is 0 Å². The number of rotatable bonds is 9. The number of halogens is 3. The van der Waals surface area contributed by atoms with Crippen LogP contribution in [0.3, 0.4) is 0 Å². The van der Waals surface area contributed by atoms with Crippen molar-refractivity contribution in [2.24, 2.45) is 4.99 Å². The fourth-order valence-corrected chi connectivity index (χ4v) is 2.58. The van der Waals surface area contributed by atoms with Crippen LogP contribution in [0.25, 0.3) is 0 Å². The monoisotopic (exact) mass is 521 g/mol. The molecule has 0 aliphatic rings. The molecule has 0 aliphatic carbocycles. The van der Waals surface area contributed by atoms with Gasteiger partial charge in [0.15, 0.2) is 5.96 Å². The van der Waals surface area contributed by atoms with Crippen molar-refractivity contribution in [2.45, 2.75) is 19.6 Å². The highest BCUT2D eigenvalue weighted by Gasteiger charge is 2.11. The molecule has 0 saturated heterocycles. The quantitative estimate of drug-likeness (QED) is 0.299. The SMILES string of the molecule is CN=C(NCCc1cccc(OC)c1)NCc1cc(OC)ccc1OC(F)F.I. The first-order chi connectivity index (χ1) is 13.5. The van der Waals surface area contributed by atoms with Gasteiger partial charge >= 0.3 is 6.61 Å². The molecule has 6 nitrogen and oxygen atoms in total. The summed E-state index contributed by atoms with van der Waals surface area (Å²) in [5.41, 5.74) is 1.66. The van der Waals surface area contributed by atoms with Gasteiger partial charge in [-0.15, -0.1) is 24.0 Å². The van der Waals surface area contributed by atoms with Crippen molar-refractivity contribution >= 4 is 29.9 Å². The zero-order chi connectivity index (χ0) is 20.4. The van der Waals surface area contributed by atoms with Gasteiger partial charge in [-0.05, 0) is 42.3 Å². The lowest BCUT2D eigenvalue weighted by Gasteiger charge is -2.15. The third-order valence-corrected chi connectivity index (χ3v) is 3.99. The number of methoxy groups -OCH3 is 2. The average Bonchev–Trinajstić information content (AvgIpc) is 2.71. The third-order valence-electron chi connectivity index (χ3n) is 3.99. The van der Waals surface area contributed by atoms with Gasteiger partial charge in [-0.2, -0.15) is 8.78 Å². The van der Waals surface area contributed by atoms with E-state index in [2.05, 4.69) is 20.4 Å². The van der Waals surface area contributed by atoms with E-state index >= 15 is 0 Å². The first-order valence-electron chi connectivity index (χ1n) is 8.75. The molecule has 0 fully saturated rings. The van der Waals surface area contributed by atoms with E-state index in [1.165, 1.54) is 13.2 Å². The normalized spacial score (nSPS) is 10.9. The minimum absolute atomic E-state index is 0. The summed E-state index contributed by atoms with van der Waals surface area (Å²) >= 11 is 0. The lowest BCUT2D eigenvalue weighted by molar-refractivity contribution is -0.0504. The smallest absolute Gasteiger partial charge is 0.387 e. The van der Waals surface area contributed by atoms with Crippen LogP contribution in [0.15, 0.2) is 47.5 Å². The molecule has 2 aromatic carbocycles. The molecule has 2 rings (SSSR count). The largest absolute Gasteiger partial charge is 0.497 e. The second kappa shape index (κ2) is 13.0. The number of hydrogen-bond donors (Lipinski definition) is 2. The molecule has 0 atom stereocenters. The maximum Gasteiger partial charge on any atom is 0.387 e. The van der Waals surface area contributed by atoms with E-state index in [1.807, 2.05) is 24.3 Å². The molecule has 0 aliphatic heterocycles. The third kappa shape index (κ3) is 8.30. The lowest BCUT2D eigenvalue weighted by Crippen LogP contribution is -2.38. The molecule has 160 valence electrons. The Morgan fingerprint density at radius 2 is 1.76 bits per heavy atom. The van der Waals surface area contributed by atoms with Crippen LogP contribution in [0.2, 0.25) is 0 Å². The molecule has 2 aromatic rings. The minimum Gasteiger partial charge on any atom is -0.497 e. The van der Waals surface area contributed by atoms with Crippen molar-refractivity contribution in [3.8, 4) is 17.2 Å². The number of aliphatic imine (C=N–C) groups is 1. The molecule has 0 spiro atoms. The molecule has 0 radical (unpaired) electrons. The summed E-state index contributed by atoms with van der Waals surface area (Å²) in [6, 6.07) is 12.5. The van der Waals surface area contributed by atoms with Crippen molar-refractivity contribution in [3.63, 3.8) is 0 Å². The number of ether oxygens (including phenoxy) is 3. The zero-order valence-corrected chi connectivity index (χ0v) is 18.9. The summed E-state index contributed by atoms with van der Waals surface area (Å²) in [5.74, 6) is 2.01. The molecular weight excluding hydrogens is 495 g/mol. The highest BCUT2D eigenvalue weighted by Crippen LogP contribution is 2.25. The minimum atomic E-state index is -2.90. The maximum atomic E-state index is 12.6. The van der Waals surface area contributed by atoms with Gasteiger partial charge in [-0.25, -0.2) is 0 Å². The van der Waals surface area contributed by atoms with E-state index in [4.69, 9.17) is 9.47 Å². The molecular formula is C20H26F2IN3O3. The fraction of sp³-hybridized carbons (Fsp3) is 0.350. The van der Waals surface area contributed by atoms with Gasteiger partial charge in [0.2, 0.25) is 0 Å². The van der Waals surface area contributed by atoms with E-state index in [0.29, 0.717) is 23.8 Å². The Balaban J connectivity index is 0.00000420. The second-order valence-corrected chi connectivity index (χ2v) is 5.81. The fourth-order valence-electron chi connectivity index (χ4n) is 2.58. The van der Waals surface area contributed by atoms with Gasteiger partial charge < -0.3 is 24.8 Å². The van der Waals surface area contributed by atoms with Gasteiger partial charge in [-0.1, -0.05) is 12.1 Å². The van der Waals surface area contributed by atoms with E-state index in [-0.39, 0.29) is 36.3 Å². The number of alkyl halides is 2. The summed E-state index contributed by atoms with van der Waals surface area (Å²) < 4.78 is 40.2. The number of nitrogens with zero attached hydrogens (tertiary/aromatic N) is 1. The van der Waals surface area contributed by atoms with Gasteiger partial charge in [-0.3, -0.25) is 4.99 Å². The van der Waals surface area contributed by atoms with Gasteiger partial charge in [0, 0.05) is 25.7 Å². The van der Waals surface area contributed by atoms with Crippen LogP contribution in [0.5, 0.6) is 17.2 Å². The Morgan fingerprint density at radius 1 is 1.03 bits per heavy atom. The molecule has 2 N–H and O–H groups in total. The number of guanidine groups is 1. The summed E-state index contributed by atoms with van der Waals surface area (Å²) in [6.45, 7) is -2.00. The first-order valence-corrected chi connectivity index (χ1v) is 8.75. The molecule has 0 aromatic heterocycles. The summed E-state index contributed by atoms with van der Waals surface area (Å²) in [7, 11) is 4.79. The Hall–Kier alpha value is -2.30. The highest BCUT2D eigenvalue weighted by atomic mass is 127. The summed E-state index contributed by atoms with van der Waals surface area (Å²) in [6.07, 6.45) is 0.775. The van der Waals surface area contributed by atoms with Crippen LogP contribution in [0, 0.1) is 0 Å². The van der Waals surface area contributed by atoms with E-state index < -0.39 is 6.61 Å². The molecule has 0 amide bonds. The van der Waals surface area contributed by atoms with Gasteiger partial charge in [0.05, 0.1) is 14.2 Å². The van der Waals surface area contributed by atoms with Crippen LogP contribution in [-0.2, 0) is 13.0 Å². The van der Waals surface area contributed by atoms with Crippen molar-refractivity contribution in [3.05, 3.63) is 53.6 Å². The number of hydrogen-bond acceptors (Lipinski definition) is 4. The van der Waals surface area contributed by atoms with Crippen LogP contribution < -0.4 is 24.8 Å². The summed E-state index contributed by atoms with van der Waals surface area (Å²) in [4.78, 5) is 4.15. The van der Waals surface area contributed by atoms with Crippen molar-refractivity contribution < 1.29 is 23.0 Å². The average molecular weight is 521 g/mol. The lowest BCUT2D eigenvalue weighted by atomic mass is 10.1. The van der Waals surface area contributed by atoms with Crippen LogP contribution in [-0.4, -0.2) is 40.4 Å². The van der Waals surface area contributed by atoms with Crippen molar-refractivity contribution in [2.75, 3.05) is 27.8 Å². The molecule has 0 heterocycles. The molecule has 0 unspecified atom stereocenters. The summed E-state index contributed by atoms with van der Waals surface area (Å²) in [5, 5.41) is 6.29.